The van der Waals surface area contributed by atoms with Crippen LogP contribution in [-0.2, 0) is 6.18 Å². The van der Waals surface area contributed by atoms with E-state index in [4.69, 9.17) is 9.47 Å². The standard InChI is InChI=1S/C17H12F3N3O3/c1-9-15(23-7-10(17(18,19)20)2-5-14(23)21-9)16(24)22-11-3-4-12-13(6-11)26-8-25-12/h2-7H,8H2,1H3,(H,22,24). The van der Waals surface area contributed by atoms with Gasteiger partial charge in [0.25, 0.3) is 5.91 Å². The molecule has 0 saturated heterocycles. The summed E-state index contributed by atoms with van der Waals surface area (Å²) in [4.78, 5) is 16.8. The van der Waals surface area contributed by atoms with Gasteiger partial charge in [-0.05, 0) is 31.2 Å². The lowest BCUT2D eigenvalue weighted by Gasteiger charge is -2.09. The summed E-state index contributed by atoms with van der Waals surface area (Å²) in [6.07, 6.45) is -3.65. The quantitative estimate of drug-likeness (QED) is 0.755. The van der Waals surface area contributed by atoms with Gasteiger partial charge in [-0.15, -0.1) is 0 Å². The fourth-order valence-electron chi connectivity index (χ4n) is 2.77. The first-order valence-electron chi connectivity index (χ1n) is 7.60. The Morgan fingerprint density at radius 1 is 1.19 bits per heavy atom. The van der Waals surface area contributed by atoms with Gasteiger partial charge in [0.1, 0.15) is 11.3 Å². The summed E-state index contributed by atoms with van der Waals surface area (Å²) in [5.41, 5.74) is 0.178. The molecule has 0 spiro atoms. The Morgan fingerprint density at radius 2 is 1.96 bits per heavy atom. The summed E-state index contributed by atoms with van der Waals surface area (Å²) >= 11 is 0. The van der Waals surface area contributed by atoms with Crippen molar-refractivity contribution in [2.24, 2.45) is 0 Å². The van der Waals surface area contributed by atoms with Crippen molar-refractivity contribution in [3.63, 3.8) is 0 Å². The largest absolute Gasteiger partial charge is 0.454 e. The molecule has 26 heavy (non-hydrogen) atoms. The van der Waals surface area contributed by atoms with Gasteiger partial charge in [-0.1, -0.05) is 0 Å². The first kappa shape index (κ1) is 16.2. The predicted octanol–water partition coefficient (Wildman–Crippen LogP) is 3.64. The monoisotopic (exact) mass is 363 g/mol. The minimum absolute atomic E-state index is 0.0313. The highest BCUT2D eigenvalue weighted by Crippen LogP contribution is 2.34. The van der Waals surface area contributed by atoms with Crippen LogP contribution in [0.4, 0.5) is 18.9 Å². The van der Waals surface area contributed by atoms with Crippen molar-refractivity contribution in [2.75, 3.05) is 12.1 Å². The van der Waals surface area contributed by atoms with Crippen LogP contribution in [0, 0.1) is 6.92 Å². The van der Waals surface area contributed by atoms with Crippen LogP contribution in [0.25, 0.3) is 5.65 Å². The number of alkyl halides is 3. The van der Waals surface area contributed by atoms with Gasteiger partial charge in [0.2, 0.25) is 6.79 Å². The number of rotatable bonds is 2. The molecule has 3 aromatic rings. The number of pyridine rings is 1. The molecule has 0 atom stereocenters. The molecule has 0 aliphatic carbocycles. The second-order valence-electron chi connectivity index (χ2n) is 5.71. The summed E-state index contributed by atoms with van der Waals surface area (Å²) < 4.78 is 50.5. The van der Waals surface area contributed by atoms with E-state index in [1.807, 2.05) is 0 Å². The molecule has 3 heterocycles. The van der Waals surface area contributed by atoms with Crippen LogP contribution in [0.1, 0.15) is 21.7 Å². The van der Waals surface area contributed by atoms with Gasteiger partial charge in [0.05, 0.1) is 11.3 Å². The Morgan fingerprint density at radius 3 is 2.73 bits per heavy atom. The average molecular weight is 363 g/mol. The molecule has 134 valence electrons. The zero-order valence-electron chi connectivity index (χ0n) is 13.4. The number of ether oxygens (including phenoxy) is 2. The number of aromatic nitrogens is 2. The highest BCUT2D eigenvalue weighted by molar-refractivity contribution is 6.04. The number of nitrogens with one attached hydrogen (secondary N) is 1. The molecule has 4 rings (SSSR count). The minimum Gasteiger partial charge on any atom is -0.454 e. The van der Waals surface area contributed by atoms with Crippen molar-refractivity contribution in [1.29, 1.82) is 0 Å². The van der Waals surface area contributed by atoms with Crippen LogP contribution < -0.4 is 14.8 Å². The summed E-state index contributed by atoms with van der Waals surface area (Å²) in [5, 5.41) is 2.65. The van der Waals surface area contributed by atoms with Crippen molar-refractivity contribution in [1.82, 2.24) is 9.38 Å². The van der Waals surface area contributed by atoms with Gasteiger partial charge in [-0.2, -0.15) is 13.2 Å². The lowest BCUT2D eigenvalue weighted by atomic mass is 10.2. The number of benzene rings is 1. The molecule has 1 amide bonds. The molecule has 0 bridgehead atoms. The molecule has 1 aliphatic rings. The van der Waals surface area contributed by atoms with Gasteiger partial charge in [-0.3, -0.25) is 9.20 Å². The zero-order chi connectivity index (χ0) is 18.5. The molecule has 0 fully saturated rings. The van der Waals surface area contributed by atoms with Crippen LogP contribution in [0.5, 0.6) is 11.5 Å². The predicted molar refractivity (Wildman–Crippen MR) is 85.4 cm³/mol. The van der Waals surface area contributed by atoms with Crippen LogP contribution in [-0.4, -0.2) is 22.1 Å². The zero-order valence-corrected chi connectivity index (χ0v) is 13.4. The maximum absolute atomic E-state index is 13.0. The maximum atomic E-state index is 13.0. The van der Waals surface area contributed by atoms with Gasteiger partial charge in [0.15, 0.2) is 11.5 Å². The third kappa shape index (κ3) is 2.71. The van der Waals surface area contributed by atoms with Crippen molar-refractivity contribution >= 4 is 17.2 Å². The van der Waals surface area contributed by atoms with Crippen LogP contribution in [0.15, 0.2) is 36.5 Å². The van der Waals surface area contributed by atoms with E-state index in [-0.39, 0.29) is 18.1 Å². The number of anilines is 1. The SMILES string of the molecule is Cc1nc2ccc(C(F)(F)F)cn2c1C(=O)Nc1ccc2c(c1)OCO2. The Balaban J connectivity index is 1.71. The first-order chi connectivity index (χ1) is 12.3. The number of carbonyl (C=O) groups excluding carboxylic acids is 1. The smallest absolute Gasteiger partial charge is 0.417 e. The summed E-state index contributed by atoms with van der Waals surface area (Å²) in [7, 11) is 0. The lowest BCUT2D eigenvalue weighted by molar-refractivity contribution is -0.137. The summed E-state index contributed by atoms with van der Waals surface area (Å²) in [6, 6.07) is 7.00. The third-order valence-corrected chi connectivity index (χ3v) is 3.97. The average Bonchev–Trinajstić information content (AvgIpc) is 3.15. The number of halogens is 3. The molecule has 0 radical (unpaired) electrons. The van der Waals surface area contributed by atoms with Crippen molar-refractivity contribution in [3.8, 4) is 11.5 Å². The lowest BCUT2D eigenvalue weighted by Crippen LogP contribution is -2.16. The van der Waals surface area contributed by atoms with E-state index >= 15 is 0 Å². The molecule has 0 unspecified atom stereocenters. The Bertz CT molecular complexity index is 1030. The van der Waals surface area contributed by atoms with E-state index in [9.17, 15) is 18.0 Å². The Hall–Kier alpha value is -3.23. The molecular formula is C17H12F3N3O3. The van der Waals surface area contributed by atoms with E-state index in [2.05, 4.69) is 10.3 Å². The molecular weight excluding hydrogens is 351 g/mol. The molecule has 1 N–H and O–H groups in total. The second kappa shape index (κ2) is 5.65. The number of hydrogen-bond acceptors (Lipinski definition) is 4. The second-order valence-corrected chi connectivity index (χ2v) is 5.71. The molecule has 0 saturated carbocycles. The van der Waals surface area contributed by atoms with Gasteiger partial charge in [0, 0.05) is 18.0 Å². The summed E-state index contributed by atoms with van der Waals surface area (Å²) in [6.45, 7) is 1.66. The normalized spacial score (nSPS) is 13.2. The number of amides is 1. The van der Waals surface area contributed by atoms with Crippen LogP contribution in [0.2, 0.25) is 0 Å². The molecule has 2 aromatic heterocycles. The van der Waals surface area contributed by atoms with E-state index in [1.165, 1.54) is 6.07 Å². The highest BCUT2D eigenvalue weighted by Gasteiger charge is 2.31. The van der Waals surface area contributed by atoms with Crippen molar-refractivity contribution < 1.29 is 27.4 Å². The number of carbonyl (C=O) groups is 1. The number of aryl methyl sites for hydroxylation is 1. The first-order valence-corrected chi connectivity index (χ1v) is 7.60. The van der Waals surface area contributed by atoms with Gasteiger partial charge >= 0.3 is 6.18 Å². The van der Waals surface area contributed by atoms with E-state index in [0.717, 1.165) is 16.7 Å². The number of imidazole rings is 1. The summed E-state index contributed by atoms with van der Waals surface area (Å²) in [5.74, 6) is 0.467. The number of nitrogens with zero attached hydrogens (tertiary/aromatic N) is 2. The highest BCUT2D eigenvalue weighted by atomic mass is 19.4. The van der Waals surface area contributed by atoms with Crippen molar-refractivity contribution in [2.45, 2.75) is 13.1 Å². The molecule has 9 heteroatoms. The Kier molecular flexibility index (Phi) is 3.53. The van der Waals surface area contributed by atoms with E-state index < -0.39 is 17.6 Å². The van der Waals surface area contributed by atoms with Gasteiger partial charge in [-0.25, -0.2) is 4.98 Å². The van der Waals surface area contributed by atoms with Crippen molar-refractivity contribution in [3.05, 3.63) is 53.5 Å². The topological polar surface area (TPSA) is 64.9 Å². The number of hydrogen-bond donors (Lipinski definition) is 1. The van der Waals surface area contributed by atoms with Crippen LogP contribution >= 0.6 is 0 Å². The molecule has 1 aromatic carbocycles. The molecule has 1 aliphatic heterocycles. The van der Waals surface area contributed by atoms with Crippen LogP contribution in [0.3, 0.4) is 0 Å². The van der Waals surface area contributed by atoms with E-state index in [1.54, 1.807) is 25.1 Å². The maximum Gasteiger partial charge on any atom is 0.417 e. The number of fused-ring (bicyclic) bond motifs is 2. The fourth-order valence-corrected chi connectivity index (χ4v) is 2.77. The van der Waals surface area contributed by atoms with E-state index in [0.29, 0.717) is 22.9 Å². The minimum atomic E-state index is -4.52. The third-order valence-electron chi connectivity index (χ3n) is 3.97. The molecule has 6 nitrogen and oxygen atoms in total. The Labute approximate surface area is 145 Å². The fraction of sp³-hybridized carbons (Fsp3) is 0.176. The van der Waals surface area contributed by atoms with Gasteiger partial charge < -0.3 is 14.8 Å².